The van der Waals surface area contributed by atoms with E-state index in [1.165, 1.54) is 0 Å². The van der Waals surface area contributed by atoms with Gasteiger partial charge in [-0.25, -0.2) is 0 Å². The maximum atomic E-state index is 8.96. The predicted octanol–water partition coefficient (Wildman–Crippen LogP) is 2.96. The SMILES string of the molecule is CCNc1oc(COc2ccc(OCC)cc2)nc1C#N. The normalized spacial score (nSPS) is 9.95. The molecule has 0 fully saturated rings. The molecule has 1 aromatic heterocycles. The van der Waals surface area contributed by atoms with E-state index in [4.69, 9.17) is 19.2 Å². The zero-order chi connectivity index (χ0) is 15.1. The monoisotopic (exact) mass is 287 g/mol. The lowest BCUT2D eigenvalue weighted by Gasteiger charge is -2.05. The van der Waals surface area contributed by atoms with Crippen LogP contribution in [0.5, 0.6) is 11.5 Å². The van der Waals surface area contributed by atoms with E-state index >= 15 is 0 Å². The Hall–Kier alpha value is -2.68. The number of hydrogen-bond acceptors (Lipinski definition) is 6. The second-order valence-corrected chi connectivity index (χ2v) is 4.12. The van der Waals surface area contributed by atoms with E-state index < -0.39 is 0 Å². The summed E-state index contributed by atoms with van der Waals surface area (Å²) in [6.07, 6.45) is 0. The number of benzene rings is 1. The van der Waals surface area contributed by atoms with Gasteiger partial charge in [0.25, 0.3) is 0 Å². The number of nitrogens with one attached hydrogen (secondary N) is 1. The molecule has 0 unspecified atom stereocenters. The first-order valence-corrected chi connectivity index (χ1v) is 6.76. The molecule has 0 radical (unpaired) electrons. The van der Waals surface area contributed by atoms with Crippen LogP contribution in [0.1, 0.15) is 25.4 Å². The van der Waals surface area contributed by atoms with E-state index in [0.717, 1.165) is 5.75 Å². The van der Waals surface area contributed by atoms with Crippen molar-refractivity contribution in [2.45, 2.75) is 20.5 Å². The Balaban J connectivity index is 1.97. The lowest BCUT2D eigenvalue weighted by Crippen LogP contribution is -1.96. The zero-order valence-corrected chi connectivity index (χ0v) is 12.0. The molecule has 21 heavy (non-hydrogen) atoms. The molecule has 0 saturated carbocycles. The number of anilines is 1. The highest BCUT2D eigenvalue weighted by atomic mass is 16.5. The van der Waals surface area contributed by atoms with Crippen LogP contribution in [-0.2, 0) is 6.61 Å². The first-order chi connectivity index (χ1) is 10.3. The summed E-state index contributed by atoms with van der Waals surface area (Å²) in [6, 6.07) is 9.27. The van der Waals surface area contributed by atoms with Crippen molar-refractivity contribution in [3.63, 3.8) is 0 Å². The summed E-state index contributed by atoms with van der Waals surface area (Å²) < 4.78 is 16.4. The Labute approximate surface area is 123 Å². The van der Waals surface area contributed by atoms with Crippen LogP contribution in [0.3, 0.4) is 0 Å². The average molecular weight is 287 g/mol. The standard InChI is InChI=1S/C15H17N3O3/c1-3-17-15-13(9-16)18-14(21-15)10-20-12-7-5-11(6-8-12)19-4-2/h5-8,17H,3-4,10H2,1-2H3. The molecule has 2 aromatic rings. The van der Waals surface area contributed by atoms with Crippen LogP contribution in [0, 0.1) is 11.3 Å². The summed E-state index contributed by atoms with van der Waals surface area (Å²) in [7, 11) is 0. The van der Waals surface area contributed by atoms with Crippen molar-refractivity contribution >= 4 is 5.88 Å². The molecule has 2 rings (SSSR count). The van der Waals surface area contributed by atoms with Crippen LogP contribution in [0.25, 0.3) is 0 Å². The fraction of sp³-hybridized carbons (Fsp3) is 0.333. The number of aromatic nitrogens is 1. The number of rotatable bonds is 7. The van der Waals surface area contributed by atoms with E-state index in [1.54, 1.807) is 0 Å². The van der Waals surface area contributed by atoms with Crippen LogP contribution in [0.15, 0.2) is 28.7 Å². The fourth-order valence-corrected chi connectivity index (χ4v) is 1.73. The van der Waals surface area contributed by atoms with Gasteiger partial charge in [-0.1, -0.05) is 0 Å². The van der Waals surface area contributed by atoms with Crippen molar-refractivity contribution < 1.29 is 13.9 Å². The number of ether oxygens (including phenoxy) is 2. The maximum absolute atomic E-state index is 8.96. The Morgan fingerprint density at radius 2 is 1.86 bits per heavy atom. The second-order valence-electron chi connectivity index (χ2n) is 4.12. The van der Waals surface area contributed by atoms with E-state index in [9.17, 15) is 0 Å². The molecule has 0 saturated heterocycles. The molecule has 6 heteroatoms. The summed E-state index contributed by atoms with van der Waals surface area (Å²) >= 11 is 0. The second kappa shape index (κ2) is 7.20. The lowest BCUT2D eigenvalue weighted by molar-refractivity contribution is 0.264. The zero-order valence-electron chi connectivity index (χ0n) is 12.0. The van der Waals surface area contributed by atoms with Crippen molar-refractivity contribution in [2.24, 2.45) is 0 Å². The van der Waals surface area contributed by atoms with Crippen LogP contribution in [0.4, 0.5) is 5.88 Å². The Kier molecular flexibility index (Phi) is 5.04. The third-order valence-corrected chi connectivity index (χ3v) is 2.61. The van der Waals surface area contributed by atoms with E-state index in [-0.39, 0.29) is 12.3 Å². The smallest absolute Gasteiger partial charge is 0.236 e. The van der Waals surface area contributed by atoms with Crippen LogP contribution in [-0.4, -0.2) is 18.1 Å². The summed E-state index contributed by atoms with van der Waals surface area (Å²) in [5.74, 6) is 2.21. The molecular weight excluding hydrogens is 270 g/mol. The largest absolute Gasteiger partial charge is 0.494 e. The highest BCUT2D eigenvalue weighted by molar-refractivity contribution is 5.45. The average Bonchev–Trinajstić information content (AvgIpc) is 2.89. The Bertz CT molecular complexity index is 614. The Morgan fingerprint density at radius 1 is 1.19 bits per heavy atom. The maximum Gasteiger partial charge on any atom is 0.236 e. The molecule has 0 bridgehead atoms. The van der Waals surface area contributed by atoms with Gasteiger partial charge in [0.05, 0.1) is 6.61 Å². The first kappa shape index (κ1) is 14.7. The number of oxazole rings is 1. The summed E-state index contributed by atoms with van der Waals surface area (Å²) in [5, 5.41) is 11.9. The van der Waals surface area contributed by atoms with Gasteiger partial charge in [0.1, 0.15) is 17.6 Å². The highest BCUT2D eigenvalue weighted by Crippen LogP contribution is 2.20. The van der Waals surface area contributed by atoms with E-state index in [1.807, 2.05) is 44.2 Å². The van der Waals surface area contributed by atoms with Gasteiger partial charge in [-0.15, -0.1) is 0 Å². The molecule has 0 aliphatic heterocycles. The third-order valence-electron chi connectivity index (χ3n) is 2.61. The summed E-state index contributed by atoms with van der Waals surface area (Å²) in [6.45, 7) is 5.29. The lowest BCUT2D eigenvalue weighted by atomic mass is 10.3. The number of nitrogens with zero attached hydrogens (tertiary/aromatic N) is 2. The molecule has 0 aliphatic carbocycles. The Morgan fingerprint density at radius 3 is 2.43 bits per heavy atom. The third kappa shape index (κ3) is 3.89. The molecule has 1 N–H and O–H groups in total. The van der Waals surface area contributed by atoms with Gasteiger partial charge < -0.3 is 19.2 Å². The minimum Gasteiger partial charge on any atom is -0.494 e. The molecule has 0 atom stereocenters. The van der Waals surface area contributed by atoms with Crippen molar-refractivity contribution in [1.82, 2.24) is 4.98 Å². The molecule has 1 heterocycles. The summed E-state index contributed by atoms with van der Waals surface area (Å²) in [5.41, 5.74) is 0.238. The molecule has 0 amide bonds. The van der Waals surface area contributed by atoms with Crippen molar-refractivity contribution in [3.8, 4) is 17.6 Å². The fourth-order valence-electron chi connectivity index (χ4n) is 1.73. The first-order valence-electron chi connectivity index (χ1n) is 6.76. The van der Waals surface area contributed by atoms with Gasteiger partial charge in [-0.3, -0.25) is 0 Å². The van der Waals surface area contributed by atoms with Gasteiger partial charge in [-0.2, -0.15) is 10.2 Å². The van der Waals surface area contributed by atoms with Gasteiger partial charge >= 0.3 is 0 Å². The van der Waals surface area contributed by atoms with Gasteiger partial charge in [0.2, 0.25) is 17.5 Å². The molecule has 110 valence electrons. The molecule has 0 aliphatic rings. The minimum atomic E-state index is 0.161. The van der Waals surface area contributed by atoms with Gasteiger partial charge in [0, 0.05) is 6.54 Å². The quantitative estimate of drug-likeness (QED) is 0.843. The van der Waals surface area contributed by atoms with Gasteiger partial charge in [-0.05, 0) is 38.1 Å². The molecule has 1 aromatic carbocycles. The number of nitriles is 1. The number of hydrogen-bond donors (Lipinski definition) is 1. The van der Waals surface area contributed by atoms with Crippen LogP contribution < -0.4 is 14.8 Å². The molecule has 0 spiro atoms. The van der Waals surface area contributed by atoms with Crippen molar-refractivity contribution in [1.29, 1.82) is 5.26 Å². The predicted molar refractivity (Wildman–Crippen MR) is 77.3 cm³/mol. The molecular formula is C15H17N3O3. The van der Waals surface area contributed by atoms with Crippen LogP contribution in [0.2, 0.25) is 0 Å². The van der Waals surface area contributed by atoms with Crippen molar-refractivity contribution in [3.05, 3.63) is 35.9 Å². The highest BCUT2D eigenvalue weighted by Gasteiger charge is 2.12. The van der Waals surface area contributed by atoms with E-state index in [2.05, 4.69) is 10.3 Å². The summed E-state index contributed by atoms with van der Waals surface area (Å²) in [4.78, 5) is 4.07. The minimum absolute atomic E-state index is 0.161. The molecule has 6 nitrogen and oxygen atoms in total. The van der Waals surface area contributed by atoms with Crippen LogP contribution >= 0.6 is 0 Å². The van der Waals surface area contributed by atoms with Crippen molar-refractivity contribution in [2.75, 3.05) is 18.5 Å². The topological polar surface area (TPSA) is 80.3 Å². The van der Waals surface area contributed by atoms with Gasteiger partial charge in [0.15, 0.2) is 6.61 Å². The van der Waals surface area contributed by atoms with E-state index in [0.29, 0.717) is 30.7 Å².